The summed E-state index contributed by atoms with van der Waals surface area (Å²) in [5.41, 5.74) is 2.59. The molecule has 2 aromatic carbocycles. The van der Waals surface area contributed by atoms with Crippen LogP contribution in [0.15, 0.2) is 43.0 Å². The fraction of sp³-hybridized carbons (Fsp3) is 0.364. The first kappa shape index (κ1) is 17.9. The normalized spacial score (nSPS) is 28.9. The largest absolute Gasteiger partial charge is 0.496 e. The number of ether oxygens (including phenoxy) is 2. The summed E-state index contributed by atoms with van der Waals surface area (Å²) in [4.78, 5) is 0. The summed E-state index contributed by atoms with van der Waals surface area (Å²) >= 11 is 6.41. The first-order chi connectivity index (χ1) is 15.0. The van der Waals surface area contributed by atoms with Gasteiger partial charge in [0.25, 0.3) is 0 Å². The van der Waals surface area contributed by atoms with Gasteiger partial charge in [0.05, 0.1) is 17.8 Å². The van der Waals surface area contributed by atoms with Gasteiger partial charge in [-0.1, -0.05) is 48.5 Å². The number of benzene rings is 2. The summed E-state index contributed by atoms with van der Waals surface area (Å²) in [6.07, 6.45) is -5.12. The van der Waals surface area contributed by atoms with Crippen molar-refractivity contribution >= 4 is 17.7 Å². The predicted octanol–water partition coefficient (Wildman–Crippen LogP) is 2.10. The lowest BCUT2D eigenvalue weighted by atomic mass is 9.89. The summed E-state index contributed by atoms with van der Waals surface area (Å²) in [5.74, 6) is -0.162. The van der Waals surface area contributed by atoms with Crippen LogP contribution < -0.4 is 4.74 Å². The summed E-state index contributed by atoms with van der Waals surface area (Å²) in [5, 5.41) is 40.5. The first-order valence-corrected chi connectivity index (χ1v) is 9.45. The molecule has 0 radical (unpaired) electrons. The second kappa shape index (κ2) is 9.26. The molecule has 5 atom stereocenters. The molecule has 2 aromatic rings. The second-order valence-corrected chi connectivity index (χ2v) is 7.36. The first-order valence-electron chi connectivity index (χ1n) is 10.6. The standard InChI is InChI=1S/C22H25ClO6/c1-3-12-4-6-13(7-5-12)8-14-9-15(17(28-2)10-16(14)23)22-21(27)20(26)19(25)18(11-24)29-22/h3-7,9-10,18-22,24-27H,1,8,11H2,2H3/t18-,19-,20+,21-,22+/m1/s1/i2D3. The zero-order valence-corrected chi connectivity index (χ0v) is 16.3. The molecule has 0 unspecified atom stereocenters. The Morgan fingerprint density at radius 2 is 1.90 bits per heavy atom. The number of methoxy groups -OCH3 is 1. The fourth-order valence-electron chi connectivity index (χ4n) is 3.42. The number of halogens is 1. The van der Waals surface area contributed by atoms with E-state index in [1.54, 1.807) is 6.08 Å². The van der Waals surface area contributed by atoms with E-state index in [9.17, 15) is 20.4 Å². The van der Waals surface area contributed by atoms with E-state index in [0.29, 0.717) is 12.0 Å². The van der Waals surface area contributed by atoms with Crippen molar-refractivity contribution in [3.05, 3.63) is 70.3 Å². The molecule has 1 saturated heterocycles. The van der Waals surface area contributed by atoms with Crippen molar-refractivity contribution in [3.63, 3.8) is 0 Å². The maximum absolute atomic E-state index is 10.5. The zero-order chi connectivity index (χ0) is 23.6. The smallest absolute Gasteiger partial charge is 0.126 e. The van der Waals surface area contributed by atoms with Gasteiger partial charge in [-0.2, -0.15) is 0 Å². The highest BCUT2D eigenvalue weighted by molar-refractivity contribution is 6.31. The molecule has 0 spiro atoms. The van der Waals surface area contributed by atoms with Crippen LogP contribution in [0.5, 0.6) is 5.75 Å². The van der Waals surface area contributed by atoms with Crippen molar-refractivity contribution in [1.29, 1.82) is 0 Å². The average molecular weight is 424 g/mol. The number of hydrogen-bond acceptors (Lipinski definition) is 6. The summed E-state index contributed by atoms with van der Waals surface area (Å²) in [6, 6.07) is 10.4. The highest BCUT2D eigenvalue weighted by Crippen LogP contribution is 2.39. The van der Waals surface area contributed by atoms with E-state index in [0.717, 1.165) is 11.1 Å². The van der Waals surface area contributed by atoms with Gasteiger partial charge < -0.3 is 29.9 Å². The molecular weight excluding hydrogens is 396 g/mol. The topological polar surface area (TPSA) is 99.4 Å². The lowest BCUT2D eigenvalue weighted by molar-refractivity contribution is -0.232. The Hall–Kier alpha value is -1.93. The Bertz CT molecular complexity index is 948. The van der Waals surface area contributed by atoms with E-state index in [4.69, 9.17) is 25.2 Å². The number of hydrogen-bond donors (Lipinski definition) is 4. The quantitative estimate of drug-likeness (QED) is 0.568. The summed E-state index contributed by atoms with van der Waals surface area (Å²) < 4.78 is 33.0. The third-order valence-electron chi connectivity index (χ3n) is 5.10. The molecule has 1 heterocycles. The van der Waals surface area contributed by atoms with E-state index < -0.39 is 44.2 Å². The lowest BCUT2D eigenvalue weighted by Crippen LogP contribution is -2.55. The third kappa shape index (κ3) is 4.48. The number of rotatable bonds is 6. The molecule has 0 aromatic heterocycles. The van der Waals surface area contributed by atoms with Crippen molar-refractivity contribution < 1.29 is 34.0 Å². The van der Waals surface area contributed by atoms with Gasteiger partial charge in [-0.05, 0) is 35.2 Å². The maximum atomic E-state index is 10.5. The van der Waals surface area contributed by atoms with Crippen molar-refractivity contribution in [2.24, 2.45) is 0 Å². The lowest BCUT2D eigenvalue weighted by Gasteiger charge is -2.40. The van der Waals surface area contributed by atoms with Crippen LogP contribution in [0.2, 0.25) is 5.02 Å². The molecule has 3 rings (SSSR count). The molecule has 0 aliphatic carbocycles. The van der Waals surface area contributed by atoms with E-state index >= 15 is 0 Å². The van der Waals surface area contributed by atoms with Gasteiger partial charge in [-0.3, -0.25) is 0 Å². The van der Waals surface area contributed by atoms with Gasteiger partial charge in [0.2, 0.25) is 0 Å². The van der Waals surface area contributed by atoms with Crippen LogP contribution in [0.1, 0.15) is 32.5 Å². The Morgan fingerprint density at radius 3 is 2.52 bits per heavy atom. The van der Waals surface area contributed by atoms with Crippen molar-refractivity contribution in [2.75, 3.05) is 13.6 Å². The molecule has 0 saturated carbocycles. The van der Waals surface area contributed by atoms with E-state index in [2.05, 4.69) is 6.58 Å². The molecular formula is C22H25ClO6. The molecule has 0 amide bonds. The molecule has 1 aliphatic rings. The summed E-state index contributed by atoms with van der Waals surface area (Å²) in [6.45, 7) is 3.10. The van der Waals surface area contributed by atoms with Gasteiger partial charge in [0.15, 0.2) is 0 Å². The van der Waals surface area contributed by atoms with E-state index in [-0.39, 0.29) is 16.3 Å². The van der Waals surface area contributed by atoms with Gasteiger partial charge in [0, 0.05) is 10.6 Å². The van der Waals surface area contributed by atoms with Crippen LogP contribution in [0.4, 0.5) is 0 Å². The van der Waals surface area contributed by atoms with Crippen LogP contribution in [-0.2, 0) is 11.2 Å². The minimum atomic E-state index is -2.81. The minimum Gasteiger partial charge on any atom is -0.496 e. The molecule has 156 valence electrons. The van der Waals surface area contributed by atoms with Crippen molar-refractivity contribution in [1.82, 2.24) is 0 Å². The van der Waals surface area contributed by atoms with Gasteiger partial charge in [-0.15, -0.1) is 0 Å². The van der Waals surface area contributed by atoms with Gasteiger partial charge in [0.1, 0.15) is 36.3 Å². The fourth-order valence-corrected chi connectivity index (χ4v) is 3.64. The minimum absolute atomic E-state index is 0.125. The Labute approximate surface area is 178 Å². The zero-order valence-electron chi connectivity index (χ0n) is 18.5. The van der Waals surface area contributed by atoms with Gasteiger partial charge >= 0.3 is 0 Å². The maximum Gasteiger partial charge on any atom is 0.126 e. The second-order valence-electron chi connectivity index (χ2n) is 6.96. The Balaban J connectivity index is 2.04. The monoisotopic (exact) mass is 423 g/mol. The van der Waals surface area contributed by atoms with Crippen LogP contribution in [0, 0.1) is 0 Å². The highest BCUT2D eigenvalue weighted by Gasteiger charge is 2.45. The molecule has 7 heteroatoms. The third-order valence-corrected chi connectivity index (χ3v) is 5.45. The molecule has 1 fully saturated rings. The number of aliphatic hydroxyl groups is 4. The van der Waals surface area contributed by atoms with Crippen LogP contribution in [0.3, 0.4) is 0 Å². The van der Waals surface area contributed by atoms with Crippen molar-refractivity contribution in [2.45, 2.75) is 36.9 Å². The van der Waals surface area contributed by atoms with E-state index in [1.807, 2.05) is 24.3 Å². The summed E-state index contributed by atoms with van der Waals surface area (Å²) in [7, 11) is -2.81. The number of aliphatic hydroxyl groups excluding tert-OH is 4. The molecule has 0 bridgehead atoms. The predicted molar refractivity (Wildman–Crippen MR) is 110 cm³/mol. The van der Waals surface area contributed by atoms with Gasteiger partial charge in [-0.25, -0.2) is 0 Å². The molecule has 4 N–H and O–H groups in total. The van der Waals surface area contributed by atoms with E-state index in [1.165, 1.54) is 12.1 Å². The SMILES string of the molecule is [2H]C([2H])([2H])Oc1cc(Cl)c(Cc2ccc(C=C)cc2)cc1[C@@H]1O[C@H](CO)[C@@H](O)[C@H](O)[C@H]1O. The average Bonchev–Trinajstić information content (AvgIpc) is 2.74. The highest BCUT2D eigenvalue weighted by atomic mass is 35.5. The van der Waals surface area contributed by atoms with Crippen molar-refractivity contribution in [3.8, 4) is 5.75 Å². The Morgan fingerprint density at radius 1 is 1.17 bits per heavy atom. The molecule has 29 heavy (non-hydrogen) atoms. The Kier molecular flexibility index (Phi) is 5.71. The molecule has 1 aliphatic heterocycles. The van der Waals surface area contributed by atoms with Crippen LogP contribution in [0.25, 0.3) is 6.08 Å². The van der Waals surface area contributed by atoms with Crippen LogP contribution in [-0.4, -0.2) is 58.5 Å². The molecule has 6 nitrogen and oxygen atoms in total. The van der Waals surface area contributed by atoms with Crippen LogP contribution >= 0.6 is 11.6 Å².